The van der Waals surface area contributed by atoms with Crippen LogP contribution in [0.25, 0.3) is 0 Å². The highest BCUT2D eigenvalue weighted by atomic mass is 16.6. The molecule has 0 spiro atoms. The Hall–Kier alpha value is -1.89. The van der Waals surface area contributed by atoms with Crippen LogP contribution in [-0.2, 0) is 11.3 Å². The van der Waals surface area contributed by atoms with Gasteiger partial charge in [0.05, 0.1) is 18.7 Å². The first-order valence-electron chi connectivity index (χ1n) is 5.83. The van der Waals surface area contributed by atoms with Crippen LogP contribution < -0.4 is 10.6 Å². The van der Waals surface area contributed by atoms with Crippen molar-refractivity contribution in [1.82, 2.24) is 10.6 Å². The highest BCUT2D eigenvalue weighted by Crippen LogP contribution is 2.18. The van der Waals surface area contributed by atoms with Crippen LogP contribution in [0.2, 0.25) is 0 Å². The molecule has 7 heteroatoms. The summed E-state index contributed by atoms with van der Waals surface area (Å²) in [5.74, 6) is 0.0909. The van der Waals surface area contributed by atoms with Gasteiger partial charge in [-0.2, -0.15) is 0 Å². The van der Waals surface area contributed by atoms with E-state index in [1.54, 1.807) is 6.92 Å². The SMILES string of the molecule is CC(NCc1ccc([N+](=O)[O-])o1)C(=O)NC1CC1. The van der Waals surface area contributed by atoms with Crippen LogP contribution in [0.1, 0.15) is 25.5 Å². The topological polar surface area (TPSA) is 97.4 Å². The van der Waals surface area contributed by atoms with E-state index in [1.807, 2.05) is 0 Å². The Labute approximate surface area is 104 Å². The molecule has 18 heavy (non-hydrogen) atoms. The summed E-state index contributed by atoms with van der Waals surface area (Å²) in [6.07, 6.45) is 2.09. The summed E-state index contributed by atoms with van der Waals surface area (Å²) in [5.41, 5.74) is 0. The van der Waals surface area contributed by atoms with Gasteiger partial charge in [0.1, 0.15) is 10.7 Å². The van der Waals surface area contributed by atoms with Gasteiger partial charge in [-0.25, -0.2) is 0 Å². The Balaban J connectivity index is 1.78. The minimum absolute atomic E-state index is 0.0569. The summed E-state index contributed by atoms with van der Waals surface area (Å²) >= 11 is 0. The van der Waals surface area contributed by atoms with E-state index in [-0.39, 0.29) is 24.4 Å². The fraction of sp³-hybridized carbons (Fsp3) is 0.545. The summed E-state index contributed by atoms with van der Waals surface area (Å²) in [7, 11) is 0. The molecule has 1 amide bonds. The van der Waals surface area contributed by atoms with Crippen LogP contribution in [-0.4, -0.2) is 22.9 Å². The molecule has 2 rings (SSSR count). The summed E-state index contributed by atoms with van der Waals surface area (Å²) in [5, 5.41) is 16.2. The first kappa shape index (κ1) is 12.6. The zero-order valence-corrected chi connectivity index (χ0v) is 10.0. The van der Waals surface area contributed by atoms with Crippen LogP contribution >= 0.6 is 0 Å². The lowest BCUT2D eigenvalue weighted by Crippen LogP contribution is -2.42. The van der Waals surface area contributed by atoms with E-state index in [9.17, 15) is 14.9 Å². The summed E-state index contributed by atoms with van der Waals surface area (Å²) < 4.78 is 4.98. The maximum atomic E-state index is 11.6. The monoisotopic (exact) mass is 253 g/mol. The van der Waals surface area contributed by atoms with E-state index in [0.717, 1.165) is 12.8 Å². The van der Waals surface area contributed by atoms with Gasteiger partial charge in [-0.15, -0.1) is 0 Å². The van der Waals surface area contributed by atoms with Gasteiger partial charge in [0.15, 0.2) is 0 Å². The number of furan rings is 1. The molecule has 1 heterocycles. The molecule has 1 aliphatic carbocycles. The van der Waals surface area contributed by atoms with E-state index >= 15 is 0 Å². The molecule has 1 fully saturated rings. The zero-order valence-electron chi connectivity index (χ0n) is 10.0. The minimum atomic E-state index is -0.591. The molecule has 0 radical (unpaired) electrons. The number of nitrogens with zero attached hydrogens (tertiary/aromatic N) is 1. The summed E-state index contributed by atoms with van der Waals surface area (Å²) in [6.45, 7) is 2.03. The van der Waals surface area contributed by atoms with Crippen LogP contribution in [0, 0.1) is 10.1 Å². The number of carbonyl (C=O) groups excluding carboxylic acids is 1. The molecule has 1 aromatic heterocycles. The van der Waals surface area contributed by atoms with E-state index in [1.165, 1.54) is 12.1 Å². The quantitative estimate of drug-likeness (QED) is 0.581. The fourth-order valence-corrected chi connectivity index (χ4v) is 1.46. The van der Waals surface area contributed by atoms with E-state index in [0.29, 0.717) is 11.8 Å². The maximum Gasteiger partial charge on any atom is 0.433 e. The average Bonchev–Trinajstić information content (AvgIpc) is 3.00. The lowest BCUT2D eigenvalue weighted by molar-refractivity contribution is -0.402. The summed E-state index contributed by atoms with van der Waals surface area (Å²) in [6, 6.07) is 2.80. The molecule has 0 bridgehead atoms. The van der Waals surface area contributed by atoms with E-state index < -0.39 is 4.92 Å². The van der Waals surface area contributed by atoms with Crippen molar-refractivity contribution in [3.63, 3.8) is 0 Å². The number of amides is 1. The Morgan fingerprint density at radius 3 is 2.89 bits per heavy atom. The molecule has 1 aromatic rings. The molecule has 7 nitrogen and oxygen atoms in total. The number of nitro groups is 1. The fourth-order valence-electron chi connectivity index (χ4n) is 1.46. The highest BCUT2D eigenvalue weighted by molar-refractivity contribution is 5.81. The zero-order chi connectivity index (χ0) is 13.1. The van der Waals surface area contributed by atoms with Gasteiger partial charge in [0, 0.05) is 6.04 Å². The molecule has 0 aromatic carbocycles. The lowest BCUT2D eigenvalue weighted by atomic mass is 10.3. The molecule has 1 unspecified atom stereocenters. The van der Waals surface area contributed by atoms with Crippen molar-refractivity contribution >= 4 is 11.8 Å². The van der Waals surface area contributed by atoms with E-state index in [4.69, 9.17) is 4.42 Å². The Morgan fingerprint density at radius 1 is 1.61 bits per heavy atom. The van der Waals surface area contributed by atoms with Gasteiger partial charge < -0.3 is 9.73 Å². The van der Waals surface area contributed by atoms with Crippen molar-refractivity contribution in [2.75, 3.05) is 0 Å². The molecule has 1 saturated carbocycles. The second kappa shape index (κ2) is 5.18. The van der Waals surface area contributed by atoms with Gasteiger partial charge in [-0.1, -0.05) is 0 Å². The largest absolute Gasteiger partial charge is 0.433 e. The van der Waals surface area contributed by atoms with Gasteiger partial charge in [-0.05, 0) is 25.8 Å². The first-order chi connectivity index (χ1) is 8.56. The van der Waals surface area contributed by atoms with Crippen molar-refractivity contribution in [3.8, 4) is 0 Å². The molecule has 98 valence electrons. The van der Waals surface area contributed by atoms with Crippen LogP contribution in [0.5, 0.6) is 0 Å². The Morgan fingerprint density at radius 2 is 2.33 bits per heavy atom. The highest BCUT2D eigenvalue weighted by Gasteiger charge is 2.25. The van der Waals surface area contributed by atoms with Crippen molar-refractivity contribution < 1.29 is 14.1 Å². The van der Waals surface area contributed by atoms with Crippen molar-refractivity contribution in [1.29, 1.82) is 0 Å². The number of hydrogen-bond donors (Lipinski definition) is 2. The third-order valence-electron chi connectivity index (χ3n) is 2.73. The molecule has 1 atom stereocenters. The second-order valence-electron chi connectivity index (χ2n) is 4.38. The minimum Gasteiger partial charge on any atom is -0.404 e. The molecular formula is C11H15N3O4. The molecular weight excluding hydrogens is 238 g/mol. The van der Waals surface area contributed by atoms with Gasteiger partial charge >= 0.3 is 5.88 Å². The van der Waals surface area contributed by atoms with Crippen LogP contribution in [0.4, 0.5) is 5.88 Å². The van der Waals surface area contributed by atoms with Crippen LogP contribution in [0.15, 0.2) is 16.5 Å². The maximum absolute atomic E-state index is 11.6. The molecule has 0 aliphatic heterocycles. The van der Waals surface area contributed by atoms with Crippen LogP contribution in [0.3, 0.4) is 0 Å². The standard InChI is InChI=1S/C11H15N3O4/c1-7(11(15)13-8-2-3-8)12-6-9-4-5-10(18-9)14(16)17/h4-5,7-8,12H,2-3,6H2,1H3,(H,13,15). The van der Waals surface area contributed by atoms with Gasteiger partial charge in [-0.3, -0.25) is 20.2 Å². The van der Waals surface area contributed by atoms with Crippen molar-refractivity contribution in [2.24, 2.45) is 0 Å². The molecule has 0 saturated heterocycles. The summed E-state index contributed by atoms with van der Waals surface area (Å²) in [4.78, 5) is 21.4. The third-order valence-corrected chi connectivity index (χ3v) is 2.73. The van der Waals surface area contributed by atoms with Crippen molar-refractivity contribution in [2.45, 2.75) is 38.4 Å². The number of carbonyl (C=O) groups is 1. The normalized spacial score (nSPS) is 16.3. The number of nitrogens with one attached hydrogen (secondary N) is 2. The average molecular weight is 253 g/mol. The number of hydrogen-bond acceptors (Lipinski definition) is 5. The lowest BCUT2D eigenvalue weighted by Gasteiger charge is -2.12. The predicted molar refractivity (Wildman–Crippen MR) is 62.8 cm³/mol. The Kier molecular flexibility index (Phi) is 3.61. The second-order valence-corrected chi connectivity index (χ2v) is 4.38. The Bertz CT molecular complexity index is 453. The third kappa shape index (κ3) is 3.30. The molecule has 2 N–H and O–H groups in total. The first-order valence-corrected chi connectivity index (χ1v) is 5.83. The molecule has 1 aliphatic rings. The van der Waals surface area contributed by atoms with E-state index in [2.05, 4.69) is 10.6 Å². The van der Waals surface area contributed by atoms with Crippen molar-refractivity contribution in [3.05, 3.63) is 28.0 Å². The van der Waals surface area contributed by atoms with Gasteiger partial charge in [0.25, 0.3) is 0 Å². The predicted octanol–water partition coefficient (Wildman–Crippen LogP) is 0.945. The number of rotatable bonds is 6. The van der Waals surface area contributed by atoms with Gasteiger partial charge in [0.2, 0.25) is 5.91 Å². The smallest absolute Gasteiger partial charge is 0.404 e.